The second-order valence-corrected chi connectivity index (χ2v) is 9.84. The maximum Gasteiger partial charge on any atom is 0.261 e. The number of ether oxygens (including phenoxy) is 2. The topological polar surface area (TPSA) is 75.5 Å². The Labute approximate surface area is 232 Å². The van der Waals surface area contributed by atoms with Crippen molar-refractivity contribution in [3.05, 3.63) is 88.6 Å². The lowest BCUT2D eigenvalue weighted by molar-refractivity contribution is -0.142. The number of carbonyl (C=O) groups excluding carboxylic acids is 2. The first kappa shape index (κ1) is 28.6. The molecular weight excluding hydrogens is 525 g/mol. The number of benzene rings is 2. The summed E-state index contributed by atoms with van der Waals surface area (Å²) in [5.74, 6) is 0.968. The lowest BCUT2D eigenvalue weighted by Crippen LogP contribution is -2.48. The van der Waals surface area contributed by atoms with Gasteiger partial charge < -0.3 is 23.7 Å². The van der Waals surface area contributed by atoms with Crippen LogP contribution in [0, 0.1) is 12.7 Å². The first-order chi connectivity index (χ1) is 18.9. The number of nitrogens with zero attached hydrogens (tertiary/aromatic N) is 3. The number of carbonyl (C=O) groups is 2. The van der Waals surface area contributed by atoms with E-state index in [0.717, 1.165) is 24.4 Å². The molecule has 8 nitrogen and oxygen atoms in total. The molecule has 1 saturated heterocycles. The molecule has 4 rings (SSSR count). The summed E-state index contributed by atoms with van der Waals surface area (Å²) in [5.41, 5.74) is 0.769. The van der Waals surface area contributed by atoms with Crippen LogP contribution in [0.1, 0.15) is 17.1 Å². The van der Waals surface area contributed by atoms with Crippen molar-refractivity contribution in [1.82, 2.24) is 14.7 Å². The van der Waals surface area contributed by atoms with Gasteiger partial charge in [-0.2, -0.15) is 0 Å². The van der Waals surface area contributed by atoms with Crippen LogP contribution >= 0.6 is 11.6 Å². The molecule has 39 heavy (non-hydrogen) atoms. The number of furan rings is 1. The average Bonchev–Trinajstić information content (AvgIpc) is 3.36. The van der Waals surface area contributed by atoms with Crippen LogP contribution in [0.2, 0.25) is 5.02 Å². The summed E-state index contributed by atoms with van der Waals surface area (Å²) in [6.07, 6.45) is 0. The quantitative estimate of drug-likeness (QED) is 0.333. The minimum atomic E-state index is -0.348. The van der Waals surface area contributed by atoms with Crippen molar-refractivity contribution >= 4 is 23.4 Å². The fourth-order valence-corrected chi connectivity index (χ4v) is 4.34. The van der Waals surface area contributed by atoms with Gasteiger partial charge in [0.05, 0.1) is 26.3 Å². The van der Waals surface area contributed by atoms with Crippen LogP contribution < -0.4 is 4.74 Å². The van der Waals surface area contributed by atoms with E-state index in [0.29, 0.717) is 42.8 Å². The zero-order chi connectivity index (χ0) is 27.6. The van der Waals surface area contributed by atoms with Gasteiger partial charge in [-0.1, -0.05) is 23.7 Å². The summed E-state index contributed by atoms with van der Waals surface area (Å²) in [5, 5.41) is 0.569. The molecule has 0 unspecified atom stereocenters. The van der Waals surface area contributed by atoms with E-state index in [1.54, 1.807) is 41.3 Å². The number of hydrogen-bond donors (Lipinski definition) is 0. The maximum absolute atomic E-state index is 13.6. The molecule has 0 bridgehead atoms. The molecule has 3 aromatic rings. The molecule has 208 valence electrons. The number of amides is 2. The molecule has 0 spiro atoms. The second-order valence-electron chi connectivity index (χ2n) is 9.40. The summed E-state index contributed by atoms with van der Waals surface area (Å²) >= 11 is 5.94. The van der Waals surface area contributed by atoms with E-state index >= 15 is 0 Å². The Balaban J connectivity index is 1.46. The molecule has 0 saturated carbocycles. The lowest BCUT2D eigenvalue weighted by atomic mass is 10.2. The van der Waals surface area contributed by atoms with Crippen molar-refractivity contribution in [2.24, 2.45) is 0 Å². The number of rotatable bonds is 12. The van der Waals surface area contributed by atoms with Crippen molar-refractivity contribution in [2.75, 3.05) is 52.5 Å². The number of morpholine rings is 1. The highest BCUT2D eigenvalue weighted by atomic mass is 35.5. The summed E-state index contributed by atoms with van der Waals surface area (Å²) < 4.78 is 30.3. The van der Waals surface area contributed by atoms with Crippen LogP contribution in [0.15, 0.2) is 65.1 Å². The molecule has 1 aliphatic rings. The molecule has 0 aliphatic carbocycles. The highest BCUT2D eigenvalue weighted by molar-refractivity contribution is 6.30. The Kier molecular flexibility index (Phi) is 10.4. The van der Waals surface area contributed by atoms with Crippen LogP contribution in [-0.2, 0) is 27.4 Å². The molecule has 0 atom stereocenters. The van der Waals surface area contributed by atoms with Gasteiger partial charge in [0.2, 0.25) is 5.91 Å². The van der Waals surface area contributed by atoms with Gasteiger partial charge in [-0.05, 0) is 61.0 Å². The second kappa shape index (κ2) is 14.1. The Bertz CT molecular complexity index is 1210. The molecule has 2 aromatic carbocycles. The minimum absolute atomic E-state index is 0.131. The number of halogens is 2. The third-order valence-corrected chi connectivity index (χ3v) is 6.68. The first-order valence-corrected chi connectivity index (χ1v) is 13.3. The Morgan fingerprint density at radius 2 is 1.67 bits per heavy atom. The van der Waals surface area contributed by atoms with Gasteiger partial charge in [0, 0.05) is 37.7 Å². The van der Waals surface area contributed by atoms with E-state index in [9.17, 15) is 14.0 Å². The van der Waals surface area contributed by atoms with E-state index < -0.39 is 0 Å². The largest absolute Gasteiger partial charge is 0.484 e. The Hall–Kier alpha value is -3.40. The maximum atomic E-state index is 13.6. The monoisotopic (exact) mass is 557 g/mol. The van der Waals surface area contributed by atoms with Crippen LogP contribution in [0.25, 0.3) is 0 Å². The third-order valence-electron chi connectivity index (χ3n) is 6.43. The number of aryl methyl sites for hydroxylation is 1. The summed E-state index contributed by atoms with van der Waals surface area (Å²) in [6.45, 7) is 5.74. The first-order valence-electron chi connectivity index (χ1n) is 12.9. The van der Waals surface area contributed by atoms with E-state index in [1.807, 2.05) is 19.1 Å². The average molecular weight is 558 g/mol. The van der Waals surface area contributed by atoms with Crippen molar-refractivity contribution < 1.29 is 27.9 Å². The van der Waals surface area contributed by atoms with Crippen LogP contribution in [0.3, 0.4) is 0 Å². The van der Waals surface area contributed by atoms with E-state index in [-0.39, 0.29) is 43.9 Å². The normalized spacial score (nSPS) is 13.7. The fraction of sp³-hybridized carbons (Fsp3) is 0.379. The summed E-state index contributed by atoms with van der Waals surface area (Å²) in [6, 6.07) is 16.4. The van der Waals surface area contributed by atoms with Crippen molar-refractivity contribution in [1.29, 1.82) is 0 Å². The number of hydrogen-bond acceptors (Lipinski definition) is 6. The highest BCUT2D eigenvalue weighted by Crippen LogP contribution is 2.17. The molecule has 1 fully saturated rings. The van der Waals surface area contributed by atoms with Gasteiger partial charge in [-0.25, -0.2) is 4.39 Å². The molecule has 0 N–H and O–H groups in total. The molecule has 10 heteroatoms. The van der Waals surface area contributed by atoms with Crippen LogP contribution in [-0.4, -0.2) is 79.1 Å². The summed E-state index contributed by atoms with van der Waals surface area (Å²) in [4.78, 5) is 32.2. The Morgan fingerprint density at radius 1 is 0.949 bits per heavy atom. The molecule has 1 aliphatic heterocycles. The molecular formula is C29H33ClFN3O5. The van der Waals surface area contributed by atoms with E-state index in [4.69, 9.17) is 25.5 Å². The molecule has 2 amide bonds. The van der Waals surface area contributed by atoms with E-state index in [1.165, 1.54) is 17.0 Å². The molecule has 0 radical (unpaired) electrons. The lowest BCUT2D eigenvalue weighted by Gasteiger charge is -2.31. The predicted octanol–water partition coefficient (Wildman–Crippen LogP) is 4.15. The smallest absolute Gasteiger partial charge is 0.261 e. The van der Waals surface area contributed by atoms with Gasteiger partial charge >= 0.3 is 0 Å². The van der Waals surface area contributed by atoms with Gasteiger partial charge in [0.1, 0.15) is 23.1 Å². The SMILES string of the molecule is Cc1ccc(CN(Cc2ccc(F)cc2)C(=O)CN(CCN2CCOCC2)C(=O)COc2ccc(Cl)cc2)o1. The standard InChI is InChI=1S/C29H33ClFN3O5/c1-22-2-9-27(39-22)19-34(18-23-3-7-25(31)8-4-23)28(35)20-33(13-12-32-14-16-37-17-15-32)29(36)21-38-26-10-5-24(30)6-11-26/h2-11H,12-21H2,1H3. The molecule has 1 aromatic heterocycles. The molecule has 2 heterocycles. The predicted molar refractivity (Wildman–Crippen MR) is 145 cm³/mol. The van der Waals surface area contributed by atoms with Gasteiger partial charge in [-0.3, -0.25) is 14.5 Å². The van der Waals surface area contributed by atoms with Gasteiger partial charge in [0.25, 0.3) is 5.91 Å². The van der Waals surface area contributed by atoms with Crippen molar-refractivity contribution in [3.8, 4) is 5.75 Å². The Morgan fingerprint density at radius 3 is 2.33 bits per heavy atom. The third kappa shape index (κ3) is 9.09. The van der Waals surface area contributed by atoms with Gasteiger partial charge in [0.15, 0.2) is 6.61 Å². The van der Waals surface area contributed by atoms with E-state index in [2.05, 4.69) is 4.90 Å². The highest BCUT2D eigenvalue weighted by Gasteiger charge is 2.24. The fourth-order valence-electron chi connectivity index (χ4n) is 4.21. The van der Waals surface area contributed by atoms with Crippen molar-refractivity contribution in [3.63, 3.8) is 0 Å². The van der Waals surface area contributed by atoms with Crippen LogP contribution in [0.5, 0.6) is 5.75 Å². The minimum Gasteiger partial charge on any atom is -0.484 e. The van der Waals surface area contributed by atoms with Crippen LogP contribution in [0.4, 0.5) is 4.39 Å². The zero-order valence-electron chi connectivity index (χ0n) is 22.0. The summed E-state index contributed by atoms with van der Waals surface area (Å²) in [7, 11) is 0. The van der Waals surface area contributed by atoms with Gasteiger partial charge in [-0.15, -0.1) is 0 Å². The van der Waals surface area contributed by atoms with Crippen molar-refractivity contribution in [2.45, 2.75) is 20.0 Å². The zero-order valence-corrected chi connectivity index (χ0v) is 22.7.